The Kier molecular flexibility index (Phi) is 2.79. The van der Waals surface area contributed by atoms with Gasteiger partial charge in [-0.3, -0.25) is 4.79 Å². The lowest BCUT2D eigenvalue weighted by Crippen LogP contribution is -2.29. The highest BCUT2D eigenvalue weighted by Gasteiger charge is 2.28. The minimum absolute atomic E-state index is 0.151. The molecule has 0 amide bonds. The van der Waals surface area contributed by atoms with Gasteiger partial charge in [-0.25, -0.2) is 4.98 Å². The summed E-state index contributed by atoms with van der Waals surface area (Å²) in [6, 6.07) is 0.151. The van der Waals surface area contributed by atoms with E-state index in [9.17, 15) is 4.79 Å². The summed E-state index contributed by atoms with van der Waals surface area (Å²) in [5.41, 5.74) is 5.76. The number of nitrogens with two attached hydrogens (primary N) is 1. The molecule has 2 unspecified atom stereocenters. The van der Waals surface area contributed by atoms with E-state index in [4.69, 9.17) is 5.73 Å². The van der Waals surface area contributed by atoms with Crippen molar-refractivity contribution in [2.75, 3.05) is 18.0 Å². The third-order valence-corrected chi connectivity index (χ3v) is 3.46. The average molecular weight is 273 g/mol. The quantitative estimate of drug-likeness (QED) is 0.772. The molecular formula is C9H13BrN4O. The minimum atomic E-state index is -0.159. The summed E-state index contributed by atoms with van der Waals surface area (Å²) >= 11 is 3.24. The van der Waals surface area contributed by atoms with Crippen molar-refractivity contribution in [3.63, 3.8) is 0 Å². The van der Waals surface area contributed by atoms with Crippen molar-refractivity contribution in [1.29, 1.82) is 0 Å². The number of aromatic amines is 1. The largest absolute Gasteiger partial charge is 0.354 e. The molecule has 6 heteroatoms. The van der Waals surface area contributed by atoms with Crippen LogP contribution in [0.5, 0.6) is 0 Å². The third kappa shape index (κ3) is 1.91. The molecule has 1 aromatic rings. The predicted octanol–water partition coefficient (Wildman–Crippen LogP) is 0.316. The second-order valence-corrected chi connectivity index (χ2v) is 4.71. The zero-order chi connectivity index (χ0) is 11.0. The molecule has 2 heterocycles. The van der Waals surface area contributed by atoms with E-state index in [-0.39, 0.29) is 11.6 Å². The van der Waals surface area contributed by atoms with Gasteiger partial charge in [0, 0.05) is 19.1 Å². The second-order valence-electron chi connectivity index (χ2n) is 3.92. The van der Waals surface area contributed by atoms with Crippen LogP contribution in [0.2, 0.25) is 0 Å². The topological polar surface area (TPSA) is 75.0 Å². The molecule has 1 aromatic heterocycles. The molecule has 5 nitrogen and oxygen atoms in total. The van der Waals surface area contributed by atoms with Crippen LogP contribution in [-0.2, 0) is 0 Å². The molecule has 0 radical (unpaired) electrons. The summed E-state index contributed by atoms with van der Waals surface area (Å²) in [6.07, 6.45) is 1.41. The van der Waals surface area contributed by atoms with Gasteiger partial charge >= 0.3 is 0 Å². The van der Waals surface area contributed by atoms with Gasteiger partial charge < -0.3 is 15.6 Å². The molecule has 1 fully saturated rings. The first kappa shape index (κ1) is 10.6. The normalized spacial score (nSPS) is 25.9. The van der Waals surface area contributed by atoms with Crippen molar-refractivity contribution in [2.24, 2.45) is 11.7 Å². The Balaban J connectivity index is 2.32. The first-order valence-electron chi connectivity index (χ1n) is 4.83. The van der Waals surface area contributed by atoms with Crippen molar-refractivity contribution >= 4 is 21.7 Å². The van der Waals surface area contributed by atoms with Gasteiger partial charge in [-0.2, -0.15) is 0 Å². The van der Waals surface area contributed by atoms with Gasteiger partial charge in [-0.15, -0.1) is 0 Å². The van der Waals surface area contributed by atoms with Crippen LogP contribution in [0.3, 0.4) is 0 Å². The van der Waals surface area contributed by atoms with Crippen LogP contribution in [0.15, 0.2) is 15.6 Å². The fourth-order valence-corrected chi connectivity index (χ4v) is 2.23. The Morgan fingerprint density at radius 1 is 1.67 bits per heavy atom. The Morgan fingerprint density at radius 3 is 3.00 bits per heavy atom. The number of halogens is 1. The van der Waals surface area contributed by atoms with Gasteiger partial charge in [0.15, 0.2) is 0 Å². The lowest BCUT2D eigenvalue weighted by Gasteiger charge is -2.17. The van der Waals surface area contributed by atoms with E-state index in [1.165, 1.54) is 6.33 Å². The van der Waals surface area contributed by atoms with E-state index in [1.54, 1.807) is 0 Å². The molecule has 0 aromatic carbocycles. The van der Waals surface area contributed by atoms with Crippen LogP contribution in [0.25, 0.3) is 0 Å². The molecular weight excluding hydrogens is 260 g/mol. The predicted molar refractivity (Wildman–Crippen MR) is 61.9 cm³/mol. The van der Waals surface area contributed by atoms with Gasteiger partial charge in [0.1, 0.15) is 10.3 Å². The van der Waals surface area contributed by atoms with Crippen LogP contribution in [0, 0.1) is 5.92 Å². The van der Waals surface area contributed by atoms with Crippen LogP contribution in [0.4, 0.5) is 5.82 Å². The van der Waals surface area contributed by atoms with E-state index in [2.05, 4.69) is 32.8 Å². The number of rotatable bonds is 1. The minimum Gasteiger partial charge on any atom is -0.354 e. The highest BCUT2D eigenvalue weighted by molar-refractivity contribution is 9.10. The molecule has 82 valence electrons. The number of hydrogen-bond acceptors (Lipinski definition) is 4. The monoisotopic (exact) mass is 272 g/mol. The molecule has 0 spiro atoms. The van der Waals surface area contributed by atoms with Crippen molar-refractivity contribution < 1.29 is 0 Å². The SMILES string of the molecule is CC1CN(c2nc[nH]c(=O)c2Br)CC1N. The Labute approximate surface area is 95.8 Å². The molecule has 1 saturated heterocycles. The maximum atomic E-state index is 11.4. The summed E-state index contributed by atoms with van der Waals surface area (Å²) in [4.78, 5) is 20.1. The molecule has 1 aliphatic heterocycles. The molecule has 2 rings (SSSR count). The number of anilines is 1. The van der Waals surface area contributed by atoms with Gasteiger partial charge in [0.2, 0.25) is 0 Å². The first-order valence-corrected chi connectivity index (χ1v) is 5.62. The number of hydrogen-bond donors (Lipinski definition) is 2. The summed E-state index contributed by atoms with van der Waals surface area (Å²) < 4.78 is 0.478. The first-order chi connectivity index (χ1) is 7.09. The Hall–Kier alpha value is -0.880. The van der Waals surface area contributed by atoms with Crippen LogP contribution >= 0.6 is 15.9 Å². The van der Waals surface area contributed by atoms with E-state index in [1.807, 2.05) is 4.90 Å². The smallest absolute Gasteiger partial charge is 0.267 e. The maximum Gasteiger partial charge on any atom is 0.267 e. The zero-order valence-corrected chi connectivity index (χ0v) is 9.99. The summed E-state index contributed by atoms with van der Waals surface area (Å²) in [6.45, 7) is 3.69. The zero-order valence-electron chi connectivity index (χ0n) is 8.40. The lowest BCUT2D eigenvalue weighted by atomic mass is 10.1. The van der Waals surface area contributed by atoms with E-state index in [0.29, 0.717) is 16.2 Å². The molecule has 3 N–H and O–H groups in total. The van der Waals surface area contributed by atoms with E-state index >= 15 is 0 Å². The van der Waals surface area contributed by atoms with Crippen LogP contribution in [-0.4, -0.2) is 29.1 Å². The Bertz CT molecular complexity index is 409. The summed E-state index contributed by atoms with van der Waals surface area (Å²) in [5.74, 6) is 1.11. The number of H-pyrrole nitrogens is 1. The van der Waals surface area contributed by atoms with Crippen LogP contribution < -0.4 is 16.2 Å². The maximum absolute atomic E-state index is 11.4. The average Bonchev–Trinajstić information content (AvgIpc) is 2.51. The van der Waals surface area contributed by atoms with Crippen molar-refractivity contribution in [2.45, 2.75) is 13.0 Å². The third-order valence-electron chi connectivity index (χ3n) is 2.75. The molecule has 1 aliphatic rings. The van der Waals surface area contributed by atoms with Crippen molar-refractivity contribution in [1.82, 2.24) is 9.97 Å². The van der Waals surface area contributed by atoms with Crippen molar-refractivity contribution in [3.8, 4) is 0 Å². The van der Waals surface area contributed by atoms with Crippen molar-refractivity contribution in [3.05, 3.63) is 21.2 Å². The second kappa shape index (κ2) is 3.94. The fourth-order valence-electron chi connectivity index (χ4n) is 1.76. The molecule has 0 aliphatic carbocycles. The molecule has 0 bridgehead atoms. The molecule has 15 heavy (non-hydrogen) atoms. The molecule has 0 saturated carbocycles. The van der Waals surface area contributed by atoms with Gasteiger partial charge in [0.25, 0.3) is 5.56 Å². The highest BCUT2D eigenvalue weighted by atomic mass is 79.9. The number of nitrogens with zero attached hydrogens (tertiary/aromatic N) is 2. The van der Waals surface area contributed by atoms with Gasteiger partial charge in [-0.1, -0.05) is 6.92 Å². The summed E-state index contributed by atoms with van der Waals surface area (Å²) in [5, 5.41) is 0. The number of nitrogens with one attached hydrogen (secondary N) is 1. The molecule has 2 atom stereocenters. The summed E-state index contributed by atoms with van der Waals surface area (Å²) in [7, 11) is 0. The standard InChI is InChI=1S/C9H13BrN4O/c1-5-2-14(3-6(5)11)8-7(10)9(15)13-4-12-8/h4-6H,2-3,11H2,1H3,(H,12,13,15). The number of aromatic nitrogens is 2. The lowest BCUT2D eigenvalue weighted by molar-refractivity contribution is 0.566. The van der Waals surface area contributed by atoms with E-state index in [0.717, 1.165) is 13.1 Å². The van der Waals surface area contributed by atoms with Gasteiger partial charge in [0.05, 0.1) is 6.33 Å². The van der Waals surface area contributed by atoms with E-state index < -0.39 is 0 Å². The van der Waals surface area contributed by atoms with Gasteiger partial charge in [-0.05, 0) is 21.8 Å². The van der Waals surface area contributed by atoms with Crippen LogP contribution in [0.1, 0.15) is 6.92 Å². The fraction of sp³-hybridized carbons (Fsp3) is 0.556. The Morgan fingerprint density at radius 2 is 2.40 bits per heavy atom. The highest BCUT2D eigenvalue weighted by Crippen LogP contribution is 2.25.